The highest BCUT2D eigenvalue weighted by Crippen LogP contribution is 2.04. The van der Waals surface area contributed by atoms with Crippen molar-refractivity contribution in [3.8, 4) is 0 Å². The zero-order valence-corrected chi connectivity index (χ0v) is 8.86. The maximum atomic E-state index is 12.0. The molecule has 0 aromatic carbocycles. The third-order valence-corrected chi connectivity index (χ3v) is 2.02. The van der Waals surface area contributed by atoms with E-state index in [4.69, 9.17) is 5.73 Å². The standard InChI is InChI=1S/C10H13F2N3O/c1-15(6-9(11)12)10(16)4-8-3-2-7(13)5-14-8/h2-3,5,9H,4,6,13H2,1H3. The first-order valence-electron chi connectivity index (χ1n) is 4.71. The van der Waals surface area contributed by atoms with Crippen LogP contribution >= 0.6 is 0 Å². The fourth-order valence-electron chi connectivity index (χ4n) is 1.14. The SMILES string of the molecule is CN(CC(F)F)C(=O)Cc1ccc(N)cn1. The number of pyridine rings is 1. The van der Waals surface area contributed by atoms with Gasteiger partial charge in [-0.2, -0.15) is 0 Å². The summed E-state index contributed by atoms with van der Waals surface area (Å²) in [7, 11) is 1.34. The summed E-state index contributed by atoms with van der Waals surface area (Å²) in [5.74, 6) is -0.391. The summed E-state index contributed by atoms with van der Waals surface area (Å²) in [5.41, 5.74) is 6.44. The van der Waals surface area contributed by atoms with Gasteiger partial charge in [-0.15, -0.1) is 0 Å². The highest BCUT2D eigenvalue weighted by molar-refractivity contribution is 5.78. The smallest absolute Gasteiger partial charge is 0.255 e. The van der Waals surface area contributed by atoms with E-state index in [-0.39, 0.29) is 6.42 Å². The average molecular weight is 229 g/mol. The van der Waals surface area contributed by atoms with Crippen LogP contribution in [0.4, 0.5) is 14.5 Å². The molecule has 1 aromatic heterocycles. The number of nitrogens with zero attached hydrogens (tertiary/aromatic N) is 2. The summed E-state index contributed by atoms with van der Waals surface area (Å²) in [6.45, 7) is -0.562. The number of aromatic nitrogens is 1. The fraction of sp³-hybridized carbons (Fsp3) is 0.400. The summed E-state index contributed by atoms with van der Waals surface area (Å²) in [6.07, 6.45) is -1.09. The lowest BCUT2D eigenvalue weighted by molar-refractivity contribution is -0.130. The van der Waals surface area contributed by atoms with Gasteiger partial charge in [-0.25, -0.2) is 8.78 Å². The van der Waals surface area contributed by atoms with E-state index in [9.17, 15) is 13.6 Å². The molecule has 0 atom stereocenters. The van der Waals surface area contributed by atoms with Crippen LogP contribution in [0.1, 0.15) is 5.69 Å². The molecule has 0 unspecified atom stereocenters. The van der Waals surface area contributed by atoms with Crippen molar-refractivity contribution >= 4 is 11.6 Å². The Morgan fingerprint density at radius 2 is 2.25 bits per heavy atom. The van der Waals surface area contributed by atoms with Crippen LogP contribution in [0.25, 0.3) is 0 Å². The maximum Gasteiger partial charge on any atom is 0.255 e. The second kappa shape index (κ2) is 5.39. The number of hydrogen-bond donors (Lipinski definition) is 1. The van der Waals surface area contributed by atoms with Gasteiger partial charge < -0.3 is 10.6 Å². The van der Waals surface area contributed by atoms with E-state index in [1.54, 1.807) is 12.1 Å². The molecule has 0 bridgehead atoms. The van der Waals surface area contributed by atoms with Gasteiger partial charge in [0, 0.05) is 12.7 Å². The minimum Gasteiger partial charge on any atom is -0.397 e. The molecule has 1 heterocycles. The molecule has 4 nitrogen and oxygen atoms in total. The van der Waals surface area contributed by atoms with Crippen molar-refractivity contribution < 1.29 is 13.6 Å². The van der Waals surface area contributed by atoms with Gasteiger partial charge in [0.05, 0.1) is 24.8 Å². The number of anilines is 1. The van der Waals surface area contributed by atoms with Crippen molar-refractivity contribution in [3.05, 3.63) is 24.0 Å². The Morgan fingerprint density at radius 3 is 2.75 bits per heavy atom. The van der Waals surface area contributed by atoms with E-state index in [0.717, 1.165) is 4.90 Å². The summed E-state index contributed by atoms with van der Waals surface area (Å²) in [5, 5.41) is 0. The highest BCUT2D eigenvalue weighted by Gasteiger charge is 2.14. The molecule has 6 heteroatoms. The quantitative estimate of drug-likeness (QED) is 0.835. The number of hydrogen-bond acceptors (Lipinski definition) is 3. The molecule has 1 rings (SSSR count). The van der Waals surface area contributed by atoms with Crippen molar-refractivity contribution in [2.45, 2.75) is 12.8 Å². The van der Waals surface area contributed by atoms with Crippen LogP contribution in [0.3, 0.4) is 0 Å². The molecule has 2 N–H and O–H groups in total. The number of nitrogens with two attached hydrogens (primary N) is 1. The Morgan fingerprint density at radius 1 is 1.56 bits per heavy atom. The van der Waals surface area contributed by atoms with Crippen LogP contribution < -0.4 is 5.73 Å². The minimum absolute atomic E-state index is 0.00347. The van der Waals surface area contributed by atoms with Gasteiger partial charge >= 0.3 is 0 Å². The van der Waals surface area contributed by atoms with Gasteiger partial charge in [-0.05, 0) is 12.1 Å². The number of rotatable bonds is 4. The predicted molar refractivity (Wildman–Crippen MR) is 56.0 cm³/mol. The molecular weight excluding hydrogens is 216 g/mol. The Kier molecular flexibility index (Phi) is 4.16. The first-order chi connectivity index (χ1) is 7.49. The van der Waals surface area contributed by atoms with Gasteiger partial charge in [-0.3, -0.25) is 9.78 Å². The van der Waals surface area contributed by atoms with E-state index < -0.39 is 18.9 Å². The number of nitrogen functional groups attached to an aromatic ring is 1. The van der Waals surface area contributed by atoms with Crippen molar-refractivity contribution in [3.63, 3.8) is 0 Å². The first-order valence-corrected chi connectivity index (χ1v) is 4.71. The van der Waals surface area contributed by atoms with Crippen molar-refractivity contribution in [1.29, 1.82) is 0 Å². The summed E-state index contributed by atoms with van der Waals surface area (Å²) < 4.78 is 24.0. The molecule has 0 fully saturated rings. The van der Waals surface area contributed by atoms with Gasteiger partial charge in [0.1, 0.15) is 0 Å². The summed E-state index contributed by atoms with van der Waals surface area (Å²) >= 11 is 0. The molecular formula is C10H13F2N3O. The normalized spacial score (nSPS) is 10.5. The third kappa shape index (κ3) is 3.80. The van der Waals surface area contributed by atoms with Crippen molar-refractivity contribution in [2.24, 2.45) is 0 Å². The predicted octanol–water partition coefficient (Wildman–Crippen LogP) is 0.930. The van der Waals surface area contributed by atoms with Gasteiger partial charge in [-0.1, -0.05) is 0 Å². The Bertz CT molecular complexity index is 354. The van der Waals surface area contributed by atoms with Crippen LogP contribution in [-0.2, 0) is 11.2 Å². The van der Waals surface area contributed by atoms with Crippen molar-refractivity contribution in [1.82, 2.24) is 9.88 Å². The molecule has 0 aliphatic rings. The van der Waals surface area contributed by atoms with E-state index in [2.05, 4.69) is 4.98 Å². The second-order valence-electron chi connectivity index (χ2n) is 3.42. The highest BCUT2D eigenvalue weighted by atomic mass is 19.3. The lowest BCUT2D eigenvalue weighted by Crippen LogP contribution is -2.32. The lowest BCUT2D eigenvalue weighted by Gasteiger charge is -2.16. The molecule has 0 saturated carbocycles. The van der Waals surface area contributed by atoms with Gasteiger partial charge in [0.2, 0.25) is 5.91 Å². The number of carbonyl (C=O) groups excluding carboxylic acids is 1. The molecule has 1 amide bonds. The third-order valence-electron chi connectivity index (χ3n) is 2.02. The number of alkyl halides is 2. The lowest BCUT2D eigenvalue weighted by atomic mass is 10.2. The van der Waals surface area contributed by atoms with E-state index in [1.807, 2.05) is 0 Å². The Balaban J connectivity index is 2.54. The Hall–Kier alpha value is -1.72. The van der Waals surface area contributed by atoms with Gasteiger partial charge in [0.15, 0.2) is 0 Å². The van der Waals surface area contributed by atoms with Crippen molar-refractivity contribution in [2.75, 3.05) is 19.3 Å². The molecule has 0 aliphatic heterocycles. The number of likely N-dealkylation sites (N-methyl/N-ethyl adjacent to an activating group) is 1. The second-order valence-corrected chi connectivity index (χ2v) is 3.42. The molecule has 0 radical (unpaired) electrons. The molecule has 0 spiro atoms. The molecule has 0 aliphatic carbocycles. The van der Waals surface area contributed by atoms with Crippen LogP contribution in [0, 0.1) is 0 Å². The molecule has 1 aromatic rings. The molecule has 16 heavy (non-hydrogen) atoms. The first kappa shape index (κ1) is 12.4. The van der Waals surface area contributed by atoms with E-state index in [1.165, 1.54) is 13.2 Å². The zero-order chi connectivity index (χ0) is 12.1. The number of amides is 1. The summed E-state index contributed by atoms with van der Waals surface area (Å²) in [6, 6.07) is 3.21. The molecule has 0 saturated heterocycles. The Labute approximate surface area is 92.1 Å². The van der Waals surface area contributed by atoms with E-state index >= 15 is 0 Å². The van der Waals surface area contributed by atoms with Crippen LogP contribution in [0.2, 0.25) is 0 Å². The minimum atomic E-state index is -2.52. The maximum absolute atomic E-state index is 12.0. The van der Waals surface area contributed by atoms with Crippen LogP contribution in [0.5, 0.6) is 0 Å². The number of halogens is 2. The zero-order valence-electron chi connectivity index (χ0n) is 8.86. The van der Waals surface area contributed by atoms with Crippen LogP contribution in [0.15, 0.2) is 18.3 Å². The van der Waals surface area contributed by atoms with Gasteiger partial charge in [0.25, 0.3) is 6.43 Å². The fourth-order valence-corrected chi connectivity index (χ4v) is 1.14. The monoisotopic (exact) mass is 229 g/mol. The largest absolute Gasteiger partial charge is 0.397 e. The van der Waals surface area contributed by atoms with Crippen LogP contribution in [-0.4, -0.2) is 35.8 Å². The topological polar surface area (TPSA) is 59.2 Å². The number of carbonyl (C=O) groups is 1. The van der Waals surface area contributed by atoms with E-state index in [0.29, 0.717) is 11.4 Å². The molecule has 88 valence electrons. The summed E-state index contributed by atoms with van der Waals surface area (Å²) in [4.78, 5) is 16.4. The average Bonchev–Trinajstić information content (AvgIpc) is 2.20.